The topological polar surface area (TPSA) is 83.1 Å². The fourth-order valence-corrected chi connectivity index (χ4v) is 4.69. The van der Waals surface area contributed by atoms with E-state index in [1.54, 1.807) is 30.3 Å². The smallest absolute Gasteiger partial charge is 0.257 e. The minimum atomic E-state index is -0.368. The van der Waals surface area contributed by atoms with Crippen molar-refractivity contribution in [2.75, 3.05) is 43.5 Å². The van der Waals surface area contributed by atoms with E-state index in [9.17, 15) is 9.59 Å². The number of anilines is 2. The summed E-state index contributed by atoms with van der Waals surface area (Å²) in [5, 5.41) is 6.60. The molecule has 3 aromatic carbocycles. The molecule has 1 saturated heterocycles. The molecule has 0 aliphatic carbocycles. The van der Waals surface area contributed by atoms with Crippen LogP contribution in [-0.2, 0) is 11.4 Å². The van der Waals surface area contributed by atoms with Gasteiger partial charge in [-0.15, -0.1) is 0 Å². The molecule has 0 spiro atoms. The zero-order valence-corrected chi connectivity index (χ0v) is 24.2. The van der Waals surface area contributed by atoms with Crippen LogP contribution in [-0.4, -0.2) is 55.1 Å². The minimum absolute atomic E-state index is 0.183. The number of hydrogen-bond acceptors (Lipinski definition) is 6. The third-order valence-electron chi connectivity index (χ3n) is 6.55. The van der Waals surface area contributed by atoms with Crippen LogP contribution in [0.1, 0.15) is 35.7 Å². The van der Waals surface area contributed by atoms with Gasteiger partial charge >= 0.3 is 0 Å². The predicted octanol–water partition coefficient (Wildman–Crippen LogP) is 5.50. The van der Waals surface area contributed by atoms with Gasteiger partial charge in [-0.05, 0) is 78.8 Å². The molecular formula is C30H33ClN4O4S. The highest BCUT2D eigenvalue weighted by atomic mass is 35.5. The normalized spacial score (nSPS) is 13.0. The van der Waals surface area contributed by atoms with Gasteiger partial charge in [0.2, 0.25) is 5.91 Å². The molecule has 1 fully saturated rings. The Balaban J connectivity index is 1.28. The third kappa shape index (κ3) is 7.86. The van der Waals surface area contributed by atoms with Gasteiger partial charge in [0.1, 0.15) is 6.61 Å². The van der Waals surface area contributed by atoms with Crippen molar-refractivity contribution in [3.05, 3.63) is 82.9 Å². The monoisotopic (exact) mass is 580 g/mol. The first kappa shape index (κ1) is 29.2. The lowest BCUT2D eigenvalue weighted by atomic mass is 10.2. The summed E-state index contributed by atoms with van der Waals surface area (Å²) in [5.74, 6) is 0.816. The highest BCUT2D eigenvalue weighted by Crippen LogP contribution is 2.29. The van der Waals surface area contributed by atoms with Gasteiger partial charge in [0.15, 0.2) is 16.6 Å². The molecule has 0 atom stereocenters. The molecule has 2 N–H and O–H groups in total. The Hall–Kier alpha value is -3.82. The van der Waals surface area contributed by atoms with Crippen LogP contribution in [0.4, 0.5) is 11.4 Å². The van der Waals surface area contributed by atoms with Crippen LogP contribution in [0.3, 0.4) is 0 Å². The predicted molar refractivity (Wildman–Crippen MR) is 163 cm³/mol. The number of rotatable bonds is 9. The second kappa shape index (κ2) is 14.0. The summed E-state index contributed by atoms with van der Waals surface area (Å²) >= 11 is 11.3. The first-order valence-electron chi connectivity index (χ1n) is 13.2. The lowest BCUT2D eigenvalue weighted by Crippen LogP contribution is -2.48. The number of piperazine rings is 1. The Labute approximate surface area is 245 Å². The molecule has 1 heterocycles. The third-order valence-corrected chi connectivity index (χ3v) is 7.00. The van der Waals surface area contributed by atoms with Gasteiger partial charge in [-0.1, -0.05) is 30.7 Å². The van der Waals surface area contributed by atoms with E-state index in [0.29, 0.717) is 35.1 Å². The van der Waals surface area contributed by atoms with Crippen molar-refractivity contribution in [2.45, 2.75) is 26.4 Å². The van der Waals surface area contributed by atoms with Crippen molar-refractivity contribution in [1.29, 1.82) is 0 Å². The Morgan fingerprint density at radius 2 is 1.65 bits per heavy atom. The first-order valence-corrected chi connectivity index (χ1v) is 13.9. The number of hydrogen-bond donors (Lipinski definition) is 2. The Morgan fingerprint density at radius 3 is 2.30 bits per heavy atom. The second-order valence-corrected chi connectivity index (χ2v) is 10.2. The summed E-state index contributed by atoms with van der Waals surface area (Å²) in [4.78, 5) is 29.2. The zero-order valence-electron chi connectivity index (χ0n) is 22.6. The molecule has 8 nitrogen and oxygen atoms in total. The number of thiocarbonyl (C=S) groups is 1. The second-order valence-electron chi connectivity index (χ2n) is 9.35. The van der Waals surface area contributed by atoms with E-state index < -0.39 is 0 Å². The molecule has 10 heteroatoms. The molecule has 1 aliphatic rings. The van der Waals surface area contributed by atoms with Crippen molar-refractivity contribution < 1.29 is 19.1 Å². The average Bonchev–Trinajstić information content (AvgIpc) is 2.97. The summed E-state index contributed by atoms with van der Waals surface area (Å²) in [6.45, 7) is 5.41. The molecule has 2 amide bonds. The number of methoxy groups -OCH3 is 1. The summed E-state index contributed by atoms with van der Waals surface area (Å²) in [7, 11) is 1.52. The molecule has 210 valence electrons. The van der Waals surface area contributed by atoms with Crippen LogP contribution in [0.5, 0.6) is 11.5 Å². The van der Waals surface area contributed by atoms with Crippen molar-refractivity contribution >= 4 is 52.1 Å². The molecule has 0 radical (unpaired) electrons. The standard InChI is InChI=1S/C30H33ClN4O4S/c1-3-4-28(36)35-17-15-34(16-18-35)25-12-10-24(11-13-25)32-30(40)33-29(37)22-7-14-26(27(19-22)38-2)39-20-21-5-8-23(31)9-6-21/h5-14,19H,3-4,15-18,20H2,1-2H3,(H2,32,33,37,40). The number of nitrogens with zero attached hydrogens (tertiary/aromatic N) is 2. The van der Waals surface area contributed by atoms with E-state index in [4.69, 9.17) is 33.3 Å². The van der Waals surface area contributed by atoms with Crippen molar-refractivity contribution in [1.82, 2.24) is 10.2 Å². The van der Waals surface area contributed by atoms with Gasteiger partial charge in [-0.25, -0.2) is 0 Å². The fourth-order valence-electron chi connectivity index (χ4n) is 4.35. The van der Waals surface area contributed by atoms with Crippen LogP contribution in [0.15, 0.2) is 66.7 Å². The Bertz CT molecular complexity index is 1330. The van der Waals surface area contributed by atoms with Crippen LogP contribution in [0.2, 0.25) is 5.02 Å². The van der Waals surface area contributed by atoms with Gasteiger partial charge in [-0.3, -0.25) is 14.9 Å². The van der Waals surface area contributed by atoms with Crippen LogP contribution < -0.4 is 25.0 Å². The highest BCUT2D eigenvalue weighted by molar-refractivity contribution is 7.80. The van der Waals surface area contributed by atoms with Gasteiger partial charge in [0.05, 0.1) is 7.11 Å². The van der Waals surface area contributed by atoms with E-state index >= 15 is 0 Å². The Kier molecular flexibility index (Phi) is 10.2. The number of carbonyl (C=O) groups is 2. The fraction of sp³-hybridized carbons (Fsp3) is 0.300. The minimum Gasteiger partial charge on any atom is -0.493 e. The van der Waals surface area contributed by atoms with Crippen molar-refractivity contribution in [2.24, 2.45) is 0 Å². The Morgan fingerprint density at radius 1 is 0.950 bits per heavy atom. The van der Waals surface area contributed by atoms with Gasteiger partial charge in [-0.2, -0.15) is 0 Å². The largest absolute Gasteiger partial charge is 0.493 e. The molecule has 0 saturated carbocycles. The summed E-state index contributed by atoms with van der Waals surface area (Å²) < 4.78 is 11.3. The lowest BCUT2D eigenvalue weighted by molar-refractivity contribution is -0.131. The average molecular weight is 581 g/mol. The zero-order chi connectivity index (χ0) is 28.5. The lowest BCUT2D eigenvalue weighted by Gasteiger charge is -2.36. The van der Waals surface area contributed by atoms with Crippen molar-refractivity contribution in [3.8, 4) is 11.5 Å². The van der Waals surface area contributed by atoms with E-state index in [0.717, 1.165) is 49.5 Å². The molecule has 0 bridgehead atoms. The van der Waals surface area contributed by atoms with Gasteiger partial charge < -0.3 is 24.6 Å². The summed E-state index contributed by atoms with van der Waals surface area (Å²) in [6.07, 6.45) is 1.48. The number of benzene rings is 3. The number of ether oxygens (including phenoxy) is 2. The maximum absolute atomic E-state index is 12.8. The molecule has 0 aromatic heterocycles. The molecular weight excluding hydrogens is 548 g/mol. The van der Waals surface area contributed by atoms with E-state index in [1.807, 2.05) is 48.2 Å². The number of amides is 2. The first-order chi connectivity index (χ1) is 19.4. The van der Waals surface area contributed by atoms with Crippen LogP contribution in [0, 0.1) is 0 Å². The molecule has 3 aromatic rings. The van der Waals surface area contributed by atoms with Crippen LogP contribution in [0.25, 0.3) is 0 Å². The van der Waals surface area contributed by atoms with Gasteiger partial charge in [0.25, 0.3) is 5.91 Å². The van der Waals surface area contributed by atoms with E-state index in [2.05, 4.69) is 15.5 Å². The summed E-state index contributed by atoms with van der Waals surface area (Å²) in [5.41, 5.74) is 3.17. The molecule has 1 aliphatic heterocycles. The maximum atomic E-state index is 12.8. The van der Waals surface area contributed by atoms with Gasteiger partial charge in [0, 0.05) is 54.6 Å². The van der Waals surface area contributed by atoms with Crippen LogP contribution >= 0.6 is 23.8 Å². The SMILES string of the molecule is CCCC(=O)N1CCN(c2ccc(NC(=S)NC(=O)c3ccc(OCc4ccc(Cl)cc4)c(OC)c3)cc2)CC1. The van der Waals surface area contributed by atoms with Crippen molar-refractivity contribution in [3.63, 3.8) is 0 Å². The number of nitrogens with one attached hydrogen (secondary N) is 2. The van der Waals surface area contributed by atoms with E-state index in [-0.39, 0.29) is 16.9 Å². The molecule has 4 rings (SSSR count). The quantitative estimate of drug-likeness (QED) is 0.323. The molecule has 40 heavy (non-hydrogen) atoms. The number of carbonyl (C=O) groups excluding carboxylic acids is 2. The highest BCUT2D eigenvalue weighted by Gasteiger charge is 2.20. The summed E-state index contributed by atoms with van der Waals surface area (Å²) in [6, 6.07) is 20.2. The molecule has 0 unspecified atom stereocenters. The maximum Gasteiger partial charge on any atom is 0.257 e. The number of halogens is 1. The van der Waals surface area contributed by atoms with E-state index in [1.165, 1.54) is 7.11 Å².